The lowest BCUT2D eigenvalue weighted by atomic mass is 10.1. The van der Waals surface area contributed by atoms with Crippen LogP contribution in [0.3, 0.4) is 0 Å². The highest BCUT2D eigenvalue weighted by molar-refractivity contribution is 5.94. The van der Waals surface area contributed by atoms with Crippen LogP contribution in [0.1, 0.15) is 24.0 Å². The largest absolute Gasteiger partial charge is 0.494 e. The van der Waals surface area contributed by atoms with Crippen molar-refractivity contribution in [1.29, 1.82) is 5.26 Å². The van der Waals surface area contributed by atoms with Crippen LogP contribution in [0.2, 0.25) is 0 Å². The van der Waals surface area contributed by atoms with Crippen molar-refractivity contribution in [3.63, 3.8) is 0 Å². The van der Waals surface area contributed by atoms with Crippen molar-refractivity contribution in [2.24, 2.45) is 0 Å². The molecule has 0 aliphatic carbocycles. The number of para-hydroxylation sites is 1. The van der Waals surface area contributed by atoms with Gasteiger partial charge in [0.05, 0.1) is 25.6 Å². The molecule has 0 saturated carbocycles. The standard InChI is InChI=1S/C23H29N3O2/c1-19-11-12-21(17-20(19)2)26(15-7-13-24)23(27)18-25(3)14-8-16-28-22-9-5-4-6-10-22/h4-6,9-12,17H,7-8,14-16,18H2,1-3H3. The summed E-state index contributed by atoms with van der Waals surface area (Å²) in [6, 6.07) is 17.8. The molecule has 148 valence electrons. The Morgan fingerprint density at radius 1 is 1.07 bits per heavy atom. The number of hydrogen-bond acceptors (Lipinski definition) is 4. The van der Waals surface area contributed by atoms with Crippen molar-refractivity contribution in [3.8, 4) is 11.8 Å². The second kappa shape index (κ2) is 11.1. The average molecular weight is 380 g/mol. The molecule has 2 aromatic carbocycles. The molecule has 1 amide bonds. The van der Waals surface area contributed by atoms with Gasteiger partial charge in [0.2, 0.25) is 5.91 Å². The summed E-state index contributed by atoms with van der Waals surface area (Å²) >= 11 is 0. The van der Waals surface area contributed by atoms with E-state index < -0.39 is 0 Å². The molecule has 0 heterocycles. The molecule has 0 saturated heterocycles. The van der Waals surface area contributed by atoms with E-state index in [4.69, 9.17) is 10.00 Å². The highest BCUT2D eigenvalue weighted by Crippen LogP contribution is 2.19. The van der Waals surface area contributed by atoms with E-state index in [1.54, 1.807) is 4.90 Å². The van der Waals surface area contributed by atoms with E-state index in [0.29, 0.717) is 26.1 Å². The van der Waals surface area contributed by atoms with Gasteiger partial charge >= 0.3 is 0 Å². The maximum Gasteiger partial charge on any atom is 0.241 e. The van der Waals surface area contributed by atoms with Crippen LogP contribution in [0.4, 0.5) is 5.69 Å². The maximum atomic E-state index is 12.9. The van der Waals surface area contributed by atoms with E-state index in [0.717, 1.165) is 30.0 Å². The summed E-state index contributed by atoms with van der Waals surface area (Å²) in [6.07, 6.45) is 1.15. The molecule has 0 bridgehead atoms. The lowest BCUT2D eigenvalue weighted by molar-refractivity contribution is -0.119. The summed E-state index contributed by atoms with van der Waals surface area (Å²) in [7, 11) is 1.93. The number of benzene rings is 2. The number of ether oxygens (including phenoxy) is 1. The second-order valence-electron chi connectivity index (χ2n) is 6.97. The Kier molecular flexibility index (Phi) is 8.51. The summed E-state index contributed by atoms with van der Waals surface area (Å²) < 4.78 is 5.70. The molecule has 28 heavy (non-hydrogen) atoms. The van der Waals surface area contributed by atoms with Gasteiger partial charge in [0.1, 0.15) is 5.75 Å². The molecule has 0 radical (unpaired) electrons. The van der Waals surface area contributed by atoms with Gasteiger partial charge in [-0.3, -0.25) is 9.69 Å². The Hall–Kier alpha value is -2.84. The Bertz CT molecular complexity index is 799. The van der Waals surface area contributed by atoms with Crippen LogP contribution in [0, 0.1) is 25.2 Å². The van der Waals surface area contributed by atoms with Crippen molar-refractivity contribution in [2.45, 2.75) is 26.7 Å². The minimum absolute atomic E-state index is 0.00461. The number of nitrogens with zero attached hydrogens (tertiary/aromatic N) is 3. The van der Waals surface area contributed by atoms with Crippen LogP contribution in [0.15, 0.2) is 48.5 Å². The topological polar surface area (TPSA) is 56.6 Å². The van der Waals surface area contributed by atoms with Crippen molar-refractivity contribution in [2.75, 3.05) is 38.2 Å². The van der Waals surface area contributed by atoms with Crippen LogP contribution in [-0.4, -0.2) is 44.1 Å². The van der Waals surface area contributed by atoms with Crippen molar-refractivity contribution in [3.05, 3.63) is 59.7 Å². The Labute approximate surface area is 168 Å². The number of likely N-dealkylation sites (N-methyl/N-ethyl adjacent to an activating group) is 1. The number of anilines is 1. The molecule has 0 atom stereocenters. The van der Waals surface area contributed by atoms with E-state index >= 15 is 0 Å². The first-order valence-corrected chi connectivity index (χ1v) is 9.62. The molecular weight excluding hydrogens is 350 g/mol. The van der Waals surface area contributed by atoms with Gasteiger partial charge in [-0.05, 0) is 62.7 Å². The highest BCUT2D eigenvalue weighted by atomic mass is 16.5. The molecule has 0 N–H and O–H groups in total. The third-order valence-electron chi connectivity index (χ3n) is 4.65. The van der Waals surface area contributed by atoms with E-state index in [9.17, 15) is 4.79 Å². The zero-order valence-electron chi connectivity index (χ0n) is 17.0. The molecule has 5 heteroatoms. The van der Waals surface area contributed by atoms with Crippen LogP contribution in [0.5, 0.6) is 5.75 Å². The van der Waals surface area contributed by atoms with Gasteiger partial charge in [0.15, 0.2) is 0 Å². The van der Waals surface area contributed by atoms with Crippen LogP contribution < -0.4 is 9.64 Å². The second-order valence-corrected chi connectivity index (χ2v) is 6.97. The molecule has 0 aliphatic rings. The quantitative estimate of drug-likeness (QED) is 0.587. The van der Waals surface area contributed by atoms with Gasteiger partial charge in [0.25, 0.3) is 0 Å². The SMILES string of the molecule is Cc1ccc(N(CCC#N)C(=O)CN(C)CCCOc2ccccc2)cc1C. The van der Waals surface area contributed by atoms with Crippen LogP contribution in [0.25, 0.3) is 0 Å². The maximum absolute atomic E-state index is 12.9. The number of carbonyl (C=O) groups excluding carboxylic acids is 1. The van der Waals surface area contributed by atoms with E-state index in [1.165, 1.54) is 5.56 Å². The predicted molar refractivity (Wildman–Crippen MR) is 113 cm³/mol. The summed E-state index contributed by atoms with van der Waals surface area (Å²) in [5.41, 5.74) is 3.18. The fourth-order valence-electron chi connectivity index (χ4n) is 2.89. The lowest BCUT2D eigenvalue weighted by Crippen LogP contribution is -2.40. The summed E-state index contributed by atoms with van der Waals surface area (Å²) in [5.74, 6) is 0.864. The minimum Gasteiger partial charge on any atom is -0.494 e. The Balaban J connectivity index is 1.87. The van der Waals surface area contributed by atoms with Crippen molar-refractivity contribution < 1.29 is 9.53 Å². The number of amides is 1. The van der Waals surface area contributed by atoms with Gasteiger partial charge in [-0.2, -0.15) is 5.26 Å². The van der Waals surface area contributed by atoms with Gasteiger partial charge in [-0.25, -0.2) is 0 Å². The van der Waals surface area contributed by atoms with Gasteiger partial charge < -0.3 is 9.64 Å². The van der Waals surface area contributed by atoms with Gasteiger partial charge in [-0.1, -0.05) is 24.3 Å². The molecule has 0 unspecified atom stereocenters. The number of carbonyl (C=O) groups is 1. The smallest absolute Gasteiger partial charge is 0.241 e. The van der Waals surface area contributed by atoms with Gasteiger partial charge in [-0.15, -0.1) is 0 Å². The first-order valence-electron chi connectivity index (χ1n) is 9.62. The Morgan fingerprint density at radius 2 is 1.82 bits per heavy atom. The van der Waals surface area contributed by atoms with Crippen molar-refractivity contribution in [1.82, 2.24) is 4.90 Å². The highest BCUT2D eigenvalue weighted by Gasteiger charge is 2.17. The Morgan fingerprint density at radius 3 is 2.50 bits per heavy atom. The summed E-state index contributed by atoms with van der Waals surface area (Å²) in [6.45, 7) is 6.17. The predicted octanol–water partition coefficient (Wildman–Crippen LogP) is 3.95. The third-order valence-corrected chi connectivity index (χ3v) is 4.65. The molecule has 0 aromatic heterocycles. The number of rotatable bonds is 10. The average Bonchev–Trinajstić information content (AvgIpc) is 2.69. The molecular formula is C23H29N3O2. The van der Waals surface area contributed by atoms with E-state index in [1.807, 2.05) is 74.3 Å². The lowest BCUT2D eigenvalue weighted by Gasteiger charge is -2.25. The van der Waals surface area contributed by atoms with Crippen molar-refractivity contribution >= 4 is 11.6 Å². The fraction of sp³-hybridized carbons (Fsp3) is 0.391. The van der Waals surface area contributed by atoms with Crippen LogP contribution in [-0.2, 0) is 4.79 Å². The van der Waals surface area contributed by atoms with Gasteiger partial charge in [0, 0.05) is 18.8 Å². The summed E-state index contributed by atoms with van der Waals surface area (Å²) in [4.78, 5) is 16.6. The number of aryl methyl sites for hydroxylation is 2. The number of nitriles is 1. The van der Waals surface area contributed by atoms with E-state index in [-0.39, 0.29) is 5.91 Å². The first kappa shape index (κ1) is 21.5. The monoisotopic (exact) mass is 379 g/mol. The normalized spacial score (nSPS) is 10.5. The molecule has 0 spiro atoms. The fourth-order valence-corrected chi connectivity index (χ4v) is 2.89. The summed E-state index contributed by atoms with van der Waals surface area (Å²) in [5, 5.41) is 8.95. The van der Waals surface area contributed by atoms with E-state index in [2.05, 4.69) is 6.07 Å². The first-order chi connectivity index (χ1) is 13.5. The molecule has 2 aromatic rings. The minimum atomic E-state index is 0.00461. The molecule has 2 rings (SSSR count). The third kappa shape index (κ3) is 6.71. The molecule has 0 aliphatic heterocycles. The zero-order chi connectivity index (χ0) is 20.4. The van der Waals surface area contributed by atoms with Crippen LogP contribution >= 0.6 is 0 Å². The zero-order valence-corrected chi connectivity index (χ0v) is 17.0. The number of hydrogen-bond donors (Lipinski definition) is 0. The molecule has 0 fully saturated rings. The molecule has 5 nitrogen and oxygen atoms in total.